The van der Waals surface area contributed by atoms with Crippen LogP contribution in [0.15, 0.2) is 29.0 Å². The Morgan fingerprint density at radius 1 is 1.16 bits per heavy atom. The summed E-state index contributed by atoms with van der Waals surface area (Å²) in [5.74, 6) is 1.48. The van der Waals surface area contributed by atoms with Gasteiger partial charge in [0, 0.05) is 6.42 Å². The van der Waals surface area contributed by atoms with Crippen molar-refractivity contribution >= 4 is 11.3 Å². The molecule has 0 radical (unpaired) electrons. The molecule has 100 valence electrons. The van der Waals surface area contributed by atoms with Gasteiger partial charge in [-0.25, -0.2) is 0 Å². The Labute approximate surface area is 116 Å². The van der Waals surface area contributed by atoms with Gasteiger partial charge in [-0.05, 0) is 46.5 Å². The number of aryl methyl sites for hydroxylation is 1. The van der Waals surface area contributed by atoms with Crippen LogP contribution in [-0.2, 0) is 0 Å². The first-order chi connectivity index (χ1) is 9.25. The summed E-state index contributed by atoms with van der Waals surface area (Å²) in [5, 5.41) is 14.5. The van der Waals surface area contributed by atoms with Gasteiger partial charge >= 0.3 is 0 Å². The van der Waals surface area contributed by atoms with Crippen molar-refractivity contribution in [1.82, 2.24) is 0 Å². The largest absolute Gasteiger partial charge is 0.490 e. The molecule has 0 saturated heterocycles. The molecule has 0 saturated carbocycles. The van der Waals surface area contributed by atoms with Gasteiger partial charge in [-0.1, -0.05) is 6.07 Å². The molecule has 3 rings (SSSR count). The summed E-state index contributed by atoms with van der Waals surface area (Å²) in [6.45, 7) is 3.35. The first-order valence-corrected chi connectivity index (χ1v) is 7.30. The van der Waals surface area contributed by atoms with E-state index < -0.39 is 6.10 Å². The Kier molecular flexibility index (Phi) is 3.44. The molecule has 1 aliphatic rings. The maximum absolute atomic E-state index is 10.4. The Hall–Kier alpha value is -1.52. The van der Waals surface area contributed by atoms with E-state index in [1.165, 1.54) is 0 Å². The van der Waals surface area contributed by atoms with Crippen LogP contribution in [0.25, 0.3) is 0 Å². The number of aliphatic hydroxyl groups is 1. The lowest BCUT2D eigenvalue weighted by molar-refractivity contribution is 0.219. The molecule has 1 unspecified atom stereocenters. The van der Waals surface area contributed by atoms with Gasteiger partial charge in [0.15, 0.2) is 11.5 Å². The van der Waals surface area contributed by atoms with Crippen molar-refractivity contribution in [2.75, 3.05) is 13.2 Å². The van der Waals surface area contributed by atoms with Crippen molar-refractivity contribution in [3.63, 3.8) is 0 Å². The second kappa shape index (κ2) is 5.23. The lowest BCUT2D eigenvalue weighted by atomic mass is 10.0. The van der Waals surface area contributed by atoms with Gasteiger partial charge in [-0.3, -0.25) is 0 Å². The second-order valence-electron chi connectivity index (χ2n) is 4.67. The zero-order valence-electron chi connectivity index (χ0n) is 10.8. The van der Waals surface area contributed by atoms with Crippen molar-refractivity contribution in [1.29, 1.82) is 0 Å². The maximum atomic E-state index is 10.4. The third kappa shape index (κ3) is 2.46. The molecular formula is C15H16O3S. The molecule has 0 aliphatic carbocycles. The summed E-state index contributed by atoms with van der Waals surface area (Å²) in [5.41, 5.74) is 2.91. The number of thiophene rings is 1. The Balaban J connectivity index is 1.93. The van der Waals surface area contributed by atoms with Gasteiger partial charge in [0.25, 0.3) is 0 Å². The molecule has 0 spiro atoms. The van der Waals surface area contributed by atoms with E-state index in [1.54, 1.807) is 11.3 Å². The topological polar surface area (TPSA) is 38.7 Å². The second-order valence-corrected chi connectivity index (χ2v) is 5.41. The first-order valence-electron chi connectivity index (χ1n) is 6.36. The van der Waals surface area contributed by atoms with Crippen LogP contribution >= 0.6 is 11.3 Å². The number of hydrogen-bond donors (Lipinski definition) is 1. The van der Waals surface area contributed by atoms with E-state index in [1.807, 2.05) is 35.9 Å². The molecule has 1 N–H and O–H groups in total. The lowest BCUT2D eigenvalue weighted by Gasteiger charge is -2.14. The number of aliphatic hydroxyl groups excluding tert-OH is 1. The van der Waals surface area contributed by atoms with Gasteiger partial charge in [0.05, 0.1) is 13.2 Å². The number of rotatable bonds is 2. The molecule has 19 heavy (non-hydrogen) atoms. The fraction of sp³-hybridized carbons (Fsp3) is 0.333. The van der Waals surface area contributed by atoms with Crippen LogP contribution in [0.5, 0.6) is 11.5 Å². The van der Waals surface area contributed by atoms with Gasteiger partial charge < -0.3 is 14.6 Å². The van der Waals surface area contributed by atoms with E-state index in [0.717, 1.165) is 34.6 Å². The van der Waals surface area contributed by atoms with Crippen LogP contribution in [0.4, 0.5) is 0 Å². The fourth-order valence-corrected chi connectivity index (χ4v) is 3.05. The normalized spacial score (nSPS) is 15.9. The summed E-state index contributed by atoms with van der Waals surface area (Å²) in [6.07, 6.45) is 0.277. The SMILES string of the molecule is Cc1cscc1C(O)c1ccc2c(c1)OCCCO2. The molecule has 1 atom stereocenters. The summed E-state index contributed by atoms with van der Waals surface area (Å²) in [4.78, 5) is 0. The van der Waals surface area contributed by atoms with E-state index in [-0.39, 0.29) is 0 Å². The molecule has 0 fully saturated rings. The first kappa shape index (κ1) is 12.5. The van der Waals surface area contributed by atoms with Crippen molar-refractivity contribution in [3.8, 4) is 11.5 Å². The molecule has 0 bridgehead atoms. The molecule has 2 heterocycles. The van der Waals surface area contributed by atoms with E-state index in [2.05, 4.69) is 0 Å². The average molecular weight is 276 g/mol. The van der Waals surface area contributed by atoms with E-state index in [9.17, 15) is 5.11 Å². The molecule has 1 aromatic carbocycles. The predicted molar refractivity (Wildman–Crippen MR) is 75.2 cm³/mol. The minimum absolute atomic E-state index is 0.608. The number of ether oxygens (including phenoxy) is 2. The monoisotopic (exact) mass is 276 g/mol. The minimum Gasteiger partial charge on any atom is -0.490 e. The van der Waals surface area contributed by atoms with Crippen LogP contribution in [0.2, 0.25) is 0 Å². The molecule has 1 aliphatic heterocycles. The summed E-state index contributed by atoms with van der Waals surface area (Å²) >= 11 is 1.61. The van der Waals surface area contributed by atoms with Crippen LogP contribution in [0.3, 0.4) is 0 Å². The lowest BCUT2D eigenvalue weighted by Crippen LogP contribution is -2.01. The fourth-order valence-electron chi connectivity index (χ4n) is 2.18. The van der Waals surface area contributed by atoms with Gasteiger partial charge in [-0.15, -0.1) is 0 Å². The molecule has 3 nitrogen and oxygen atoms in total. The zero-order valence-corrected chi connectivity index (χ0v) is 11.6. The molecule has 1 aromatic heterocycles. The highest BCUT2D eigenvalue weighted by atomic mass is 32.1. The van der Waals surface area contributed by atoms with Crippen LogP contribution in [-0.4, -0.2) is 18.3 Å². The van der Waals surface area contributed by atoms with Crippen molar-refractivity contribution in [3.05, 3.63) is 45.6 Å². The molecule has 0 amide bonds. The maximum Gasteiger partial charge on any atom is 0.161 e. The van der Waals surface area contributed by atoms with Crippen molar-refractivity contribution in [2.24, 2.45) is 0 Å². The highest BCUT2D eigenvalue weighted by Crippen LogP contribution is 2.35. The van der Waals surface area contributed by atoms with E-state index in [0.29, 0.717) is 13.2 Å². The standard InChI is InChI=1S/C15H16O3S/c1-10-8-19-9-12(10)15(16)11-3-4-13-14(7-11)18-6-2-5-17-13/h3-4,7-9,15-16H,2,5-6H2,1H3. The Bertz CT molecular complexity index is 577. The quantitative estimate of drug-likeness (QED) is 0.914. The predicted octanol–water partition coefficient (Wildman–Crippen LogP) is 3.30. The summed E-state index contributed by atoms with van der Waals surface area (Å²) < 4.78 is 11.2. The third-order valence-electron chi connectivity index (χ3n) is 3.28. The minimum atomic E-state index is -0.608. The smallest absolute Gasteiger partial charge is 0.161 e. The summed E-state index contributed by atoms with van der Waals surface area (Å²) in [7, 11) is 0. The zero-order chi connectivity index (χ0) is 13.2. The number of benzene rings is 1. The van der Waals surface area contributed by atoms with E-state index in [4.69, 9.17) is 9.47 Å². The van der Waals surface area contributed by atoms with Crippen molar-refractivity contribution < 1.29 is 14.6 Å². The Morgan fingerprint density at radius 2 is 1.95 bits per heavy atom. The van der Waals surface area contributed by atoms with Gasteiger partial charge in [0.1, 0.15) is 6.10 Å². The van der Waals surface area contributed by atoms with Gasteiger partial charge in [-0.2, -0.15) is 11.3 Å². The van der Waals surface area contributed by atoms with Crippen LogP contribution in [0.1, 0.15) is 29.2 Å². The van der Waals surface area contributed by atoms with Crippen molar-refractivity contribution in [2.45, 2.75) is 19.4 Å². The summed E-state index contributed by atoms with van der Waals surface area (Å²) in [6, 6.07) is 5.65. The highest BCUT2D eigenvalue weighted by Gasteiger charge is 2.17. The molecule has 2 aromatic rings. The third-order valence-corrected chi connectivity index (χ3v) is 4.16. The van der Waals surface area contributed by atoms with Crippen LogP contribution in [0, 0.1) is 6.92 Å². The Morgan fingerprint density at radius 3 is 2.68 bits per heavy atom. The number of fused-ring (bicyclic) bond motifs is 1. The highest BCUT2D eigenvalue weighted by molar-refractivity contribution is 7.08. The number of hydrogen-bond acceptors (Lipinski definition) is 4. The van der Waals surface area contributed by atoms with Crippen LogP contribution < -0.4 is 9.47 Å². The van der Waals surface area contributed by atoms with E-state index >= 15 is 0 Å². The molecule has 4 heteroatoms. The van der Waals surface area contributed by atoms with Gasteiger partial charge in [0.2, 0.25) is 0 Å². The average Bonchev–Trinajstić information content (AvgIpc) is 2.72. The molecular weight excluding hydrogens is 260 g/mol.